The van der Waals surface area contributed by atoms with E-state index in [2.05, 4.69) is 30.6 Å². The third-order valence-electron chi connectivity index (χ3n) is 5.47. The summed E-state index contributed by atoms with van der Waals surface area (Å²) in [5.74, 6) is 0.540. The molecule has 2 aliphatic heterocycles. The van der Waals surface area contributed by atoms with Gasteiger partial charge in [0.1, 0.15) is 4.88 Å². The molecule has 162 valence electrons. The van der Waals surface area contributed by atoms with Crippen LogP contribution in [0.3, 0.4) is 0 Å². The van der Waals surface area contributed by atoms with E-state index in [4.69, 9.17) is 21.1 Å². The Balaban J connectivity index is 1.44. The van der Waals surface area contributed by atoms with E-state index in [9.17, 15) is 4.79 Å². The highest BCUT2D eigenvalue weighted by Crippen LogP contribution is 2.40. The summed E-state index contributed by atoms with van der Waals surface area (Å²) in [5.41, 5.74) is 3.75. The Labute approximate surface area is 191 Å². The van der Waals surface area contributed by atoms with Crippen molar-refractivity contribution in [3.63, 3.8) is 0 Å². The van der Waals surface area contributed by atoms with Gasteiger partial charge >= 0.3 is 0 Å². The molecular formula is C21H17ClN6O3S. The maximum absolute atomic E-state index is 12.6. The first kappa shape index (κ1) is 19.6. The van der Waals surface area contributed by atoms with Gasteiger partial charge in [0.25, 0.3) is 5.91 Å². The number of halogens is 1. The lowest BCUT2D eigenvalue weighted by molar-refractivity contribution is 0.0949. The molecule has 0 aliphatic carbocycles. The Kier molecular flexibility index (Phi) is 4.60. The Hall–Kier alpha value is -3.08. The molecule has 0 radical (unpaired) electrons. The molecule has 4 aromatic rings. The highest BCUT2D eigenvalue weighted by molar-refractivity contribution is 7.21. The quantitative estimate of drug-likeness (QED) is 0.428. The lowest BCUT2D eigenvalue weighted by atomic mass is 10.1. The lowest BCUT2D eigenvalue weighted by Gasteiger charge is -2.18. The summed E-state index contributed by atoms with van der Waals surface area (Å²) in [6.45, 7) is 3.55. The van der Waals surface area contributed by atoms with Crippen LogP contribution in [-0.2, 0) is 17.8 Å². The van der Waals surface area contributed by atoms with Crippen LogP contribution < -0.4 is 15.4 Å². The van der Waals surface area contributed by atoms with Crippen molar-refractivity contribution in [3.8, 4) is 11.8 Å². The third-order valence-corrected chi connectivity index (χ3v) is 6.79. The lowest BCUT2D eigenvalue weighted by Crippen LogP contribution is -2.34. The number of rotatable bonds is 2. The SMILES string of the molecule is C[C@@H]1CNc2c(sc3ccc4nc(Oc5nc(Cl)nc6c5COCC6)cnc4c23)C(=O)N1. The van der Waals surface area contributed by atoms with E-state index in [1.54, 1.807) is 6.20 Å². The van der Waals surface area contributed by atoms with Crippen molar-refractivity contribution in [2.24, 2.45) is 0 Å². The standard InChI is InChI=1S/C21H17ClN6O3S/c1-9-6-23-17-15-13(32-18(17)19(29)25-9)3-2-12-16(15)24-7-14(26-12)31-20-10-8-30-5-4-11(10)27-21(22)28-20/h2-3,7,9,23H,4-6,8H2,1H3,(H,25,29)/t9-/m1/s1. The Morgan fingerprint density at radius 2 is 2.19 bits per heavy atom. The zero-order valence-electron chi connectivity index (χ0n) is 16.9. The van der Waals surface area contributed by atoms with E-state index in [0.717, 1.165) is 27.0 Å². The minimum absolute atomic E-state index is 0.0350. The smallest absolute Gasteiger partial charge is 0.263 e. The van der Waals surface area contributed by atoms with Crippen LogP contribution in [0.2, 0.25) is 5.28 Å². The summed E-state index contributed by atoms with van der Waals surface area (Å²) < 4.78 is 12.5. The molecule has 0 unspecified atom stereocenters. The van der Waals surface area contributed by atoms with E-state index in [0.29, 0.717) is 53.8 Å². The summed E-state index contributed by atoms with van der Waals surface area (Å²) in [7, 11) is 0. The number of benzene rings is 1. The van der Waals surface area contributed by atoms with Crippen LogP contribution in [0.25, 0.3) is 21.1 Å². The van der Waals surface area contributed by atoms with Gasteiger partial charge in [-0.1, -0.05) is 0 Å². The molecule has 11 heteroatoms. The van der Waals surface area contributed by atoms with Crippen LogP contribution in [0.4, 0.5) is 5.69 Å². The number of carbonyl (C=O) groups excluding carboxylic acids is 1. The first-order valence-corrected chi connectivity index (χ1v) is 11.3. The summed E-state index contributed by atoms with van der Waals surface area (Å²) in [4.78, 5) is 31.0. The van der Waals surface area contributed by atoms with Gasteiger partial charge in [-0.2, -0.15) is 4.98 Å². The second-order valence-corrected chi connectivity index (χ2v) is 9.09. The van der Waals surface area contributed by atoms with Crippen molar-refractivity contribution in [3.05, 3.63) is 39.7 Å². The van der Waals surface area contributed by atoms with E-state index >= 15 is 0 Å². The largest absolute Gasteiger partial charge is 0.418 e. The van der Waals surface area contributed by atoms with Crippen molar-refractivity contribution in [1.82, 2.24) is 25.3 Å². The first-order chi connectivity index (χ1) is 15.6. The molecular weight excluding hydrogens is 452 g/mol. The number of ether oxygens (including phenoxy) is 2. The van der Waals surface area contributed by atoms with Crippen LogP contribution in [0.5, 0.6) is 11.8 Å². The first-order valence-electron chi connectivity index (χ1n) is 10.1. The van der Waals surface area contributed by atoms with Gasteiger partial charge in [-0.05, 0) is 30.7 Å². The fourth-order valence-electron chi connectivity index (χ4n) is 3.98. The average Bonchev–Trinajstić information content (AvgIpc) is 3.10. The predicted molar refractivity (Wildman–Crippen MR) is 121 cm³/mol. The highest BCUT2D eigenvalue weighted by Gasteiger charge is 2.25. The summed E-state index contributed by atoms with van der Waals surface area (Å²) in [5, 5.41) is 7.40. The maximum atomic E-state index is 12.6. The molecule has 0 spiro atoms. The van der Waals surface area contributed by atoms with Crippen molar-refractivity contribution in [1.29, 1.82) is 0 Å². The fraction of sp³-hybridized carbons (Fsp3) is 0.286. The van der Waals surface area contributed by atoms with Crippen molar-refractivity contribution < 1.29 is 14.3 Å². The van der Waals surface area contributed by atoms with Gasteiger partial charge in [-0.25, -0.2) is 15.0 Å². The van der Waals surface area contributed by atoms with Crippen molar-refractivity contribution in [2.75, 3.05) is 18.5 Å². The van der Waals surface area contributed by atoms with Gasteiger partial charge in [0, 0.05) is 29.1 Å². The maximum Gasteiger partial charge on any atom is 0.263 e. The Morgan fingerprint density at radius 3 is 3.09 bits per heavy atom. The normalized spacial score (nSPS) is 17.9. The second-order valence-electron chi connectivity index (χ2n) is 7.70. The molecule has 0 fully saturated rings. The number of hydrogen-bond acceptors (Lipinski definition) is 9. The minimum atomic E-state index is -0.0765. The van der Waals surface area contributed by atoms with Gasteiger partial charge in [-0.15, -0.1) is 11.3 Å². The Bertz CT molecular complexity index is 1410. The van der Waals surface area contributed by atoms with Gasteiger partial charge in [0.2, 0.25) is 17.0 Å². The van der Waals surface area contributed by atoms with Crippen LogP contribution >= 0.6 is 22.9 Å². The molecule has 0 saturated heterocycles. The number of aromatic nitrogens is 4. The second kappa shape index (κ2) is 7.51. The van der Waals surface area contributed by atoms with Gasteiger partial charge in [-0.3, -0.25) is 4.79 Å². The zero-order valence-corrected chi connectivity index (χ0v) is 18.5. The van der Waals surface area contributed by atoms with Crippen LogP contribution in [-0.4, -0.2) is 45.0 Å². The van der Waals surface area contributed by atoms with E-state index in [1.165, 1.54) is 11.3 Å². The van der Waals surface area contributed by atoms with Crippen LogP contribution in [0, 0.1) is 0 Å². The average molecular weight is 469 g/mol. The number of amides is 1. The number of thiophene rings is 1. The molecule has 1 amide bonds. The number of hydrogen-bond donors (Lipinski definition) is 2. The molecule has 2 aliphatic rings. The third kappa shape index (κ3) is 3.22. The van der Waals surface area contributed by atoms with E-state index in [-0.39, 0.29) is 17.2 Å². The molecule has 1 atom stereocenters. The molecule has 6 rings (SSSR count). The Morgan fingerprint density at radius 1 is 1.28 bits per heavy atom. The summed E-state index contributed by atoms with van der Waals surface area (Å²) in [6.07, 6.45) is 2.20. The summed E-state index contributed by atoms with van der Waals surface area (Å²) >= 11 is 7.52. The van der Waals surface area contributed by atoms with Crippen molar-refractivity contribution >= 4 is 55.7 Å². The number of nitrogens with zero attached hydrogens (tertiary/aromatic N) is 4. The number of nitrogens with one attached hydrogen (secondary N) is 2. The molecule has 32 heavy (non-hydrogen) atoms. The predicted octanol–water partition coefficient (Wildman–Crippen LogP) is 3.70. The molecule has 0 bridgehead atoms. The minimum Gasteiger partial charge on any atom is -0.418 e. The molecule has 5 heterocycles. The van der Waals surface area contributed by atoms with E-state index in [1.807, 2.05) is 19.1 Å². The van der Waals surface area contributed by atoms with Gasteiger partial charge in [0.15, 0.2) is 0 Å². The fourth-order valence-corrected chi connectivity index (χ4v) is 5.24. The topological polar surface area (TPSA) is 111 Å². The van der Waals surface area contributed by atoms with Crippen LogP contribution in [0.15, 0.2) is 18.3 Å². The molecule has 0 saturated carbocycles. The highest BCUT2D eigenvalue weighted by atomic mass is 35.5. The zero-order chi connectivity index (χ0) is 21.8. The molecule has 3 aromatic heterocycles. The molecule has 9 nitrogen and oxygen atoms in total. The monoisotopic (exact) mass is 468 g/mol. The molecule has 2 N–H and O–H groups in total. The number of anilines is 1. The van der Waals surface area contributed by atoms with Gasteiger partial charge in [0.05, 0.1) is 47.4 Å². The number of carbonyl (C=O) groups is 1. The van der Waals surface area contributed by atoms with Crippen LogP contribution in [0.1, 0.15) is 27.9 Å². The summed E-state index contributed by atoms with van der Waals surface area (Å²) in [6, 6.07) is 3.86. The molecule has 1 aromatic carbocycles. The van der Waals surface area contributed by atoms with Crippen molar-refractivity contribution in [2.45, 2.75) is 26.0 Å². The van der Waals surface area contributed by atoms with E-state index < -0.39 is 0 Å². The number of fused-ring (bicyclic) bond motifs is 6. The van der Waals surface area contributed by atoms with Gasteiger partial charge < -0.3 is 20.1 Å².